The van der Waals surface area contributed by atoms with E-state index in [1.165, 1.54) is 6.20 Å². The SMILES string of the molecule is O=S1(=O)CC2(CCN([C@@H]3CC[C@H](c4ccc(C(F)(F)F)nc4)C3)CC2)C1. The van der Waals surface area contributed by atoms with E-state index in [-0.39, 0.29) is 11.3 Å². The van der Waals surface area contributed by atoms with Gasteiger partial charge in [-0.1, -0.05) is 6.07 Å². The first-order valence-corrected chi connectivity index (χ1v) is 11.0. The largest absolute Gasteiger partial charge is 0.433 e. The number of sulfone groups is 1. The Balaban J connectivity index is 1.33. The Morgan fingerprint density at radius 3 is 2.35 bits per heavy atom. The maximum Gasteiger partial charge on any atom is 0.433 e. The van der Waals surface area contributed by atoms with Crippen molar-refractivity contribution in [2.24, 2.45) is 5.41 Å². The summed E-state index contributed by atoms with van der Waals surface area (Å²) in [5.74, 6) is 0.950. The van der Waals surface area contributed by atoms with Crippen molar-refractivity contribution in [3.8, 4) is 0 Å². The van der Waals surface area contributed by atoms with Crippen LogP contribution in [0.5, 0.6) is 0 Å². The Morgan fingerprint density at radius 2 is 1.81 bits per heavy atom. The number of hydrogen-bond acceptors (Lipinski definition) is 4. The molecule has 0 unspecified atom stereocenters. The van der Waals surface area contributed by atoms with Gasteiger partial charge in [-0.05, 0) is 62.7 Å². The number of likely N-dealkylation sites (tertiary alicyclic amines) is 1. The lowest BCUT2D eigenvalue weighted by molar-refractivity contribution is -0.141. The van der Waals surface area contributed by atoms with Gasteiger partial charge in [0, 0.05) is 17.7 Å². The lowest BCUT2D eigenvalue weighted by Gasteiger charge is -2.48. The zero-order valence-corrected chi connectivity index (χ0v) is 15.3. The monoisotopic (exact) mass is 388 g/mol. The number of alkyl halides is 3. The average Bonchev–Trinajstić information content (AvgIpc) is 3.03. The van der Waals surface area contributed by atoms with Crippen molar-refractivity contribution in [3.05, 3.63) is 29.6 Å². The second-order valence-electron chi connectivity index (χ2n) is 8.21. The molecule has 4 nitrogen and oxygen atoms in total. The van der Waals surface area contributed by atoms with E-state index >= 15 is 0 Å². The third-order valence-corrected chi connectivity index (χ3v) is 8.48. The van der Waals surface area contributed by atoms with Crippen molar-refractivity contribution in [1.82, 2.24) is 9.88 Å². The molecule has 8 heteroatoms. The third kappa shape index (κ3) is 3.50. The van der Waals surface area contributed by atoms with Gasteiger partial charge in [0.25, 0.3) is 0 Å². The van der Waals surface area contributed by atoms with Gasteiger partial charge in [-0.3, -0.25) is 4.98 Å². The fourth-order valence-corrected chi connectivity index (χ4v) is 7.31. The molecule has 0 aromatic carbocycles. The van der Waals surface area contributed by atoms with E-state index in [0.29, 0.717) is 17.5 Å². The topological polar surface area (TPSA) is 50.3 Å². The first kappa shape index (κ1) is 18.2. The van der Waals surface area contributed by atoms with Crippen LogP contribution >= 0.6 is 0 Å². The maximum atomic E-state index is 12.6. The predicted molar refractivity (Wildman–Crippen MR) is 91.5 cm³/mol. The van der Waals surface area contributed by atoms with Crippen LogP contribution in [0.3, 0.4) is 0 Å². The van der Waals surface area contributed by atoms with E-state index in [1.54, 1.807) is 6.07 Å². The minimum Gasteiger partial charge on any atom is -0.300 e. The Labute approximate surface area is 151 Å². The number of pyridine rings is 1. The summed E-state index contributed by atoms with van der Waals surface area (Å²) in [7, 11) is -2.79. The predicted octanol–water partition coefficient (Wildman–Crippen LogP) is 3.25. The van der Waals surface area contributed by atoms with Crippen LogP contribution in [-0.4, -0.2) is 48.9 Å². The fraction of sp³-hybridized carbons (Fsp3) is 0.722. The quantitative estimate of drug-likeness (QED) is 0.781. The first-order valence-electron chi connectivity index (χ1n) is 9.14. The highest BCUT2D eigenvalue weighted by atomic mass is 32.2. The Hall–Kier alpha value is -1.15. The lowest BCUT2D eigenvalue weighted by atomic mass is 9.80. The van der Waals surface area contributed by atoms with E-state index in [0.717, 1.165) is 56.8 Å². The average molecular weight is 388 g/mol. The number of piperidine rings is 1. The second-order valence-corrected chi connectivity index (χ2v) is 10.3. The van der Waals surface area contributed by atoms with Crippen molar-refractivity contribution in [3.63, 3.8) is 0 Å². The molecule has 0 bridgehead atoms. The van der Waals surface area contributed by atoms with Gasteiger partial charge in [-0.25, -0.2) is 8.42 Å². The number of halogens is 3. The number of hydrogen-bond donors (Lipinski definition) is 0. The first-order chi connectivity index (χ1) is 12.2. The molecule has 2 atom stereocenters. The highest BCUT2D eigenvalue weighted by molar-refractivity contribution is 7.92. The van der Waals surface area contributed by atoms with Gasteiger partial charge in [0.2, 0.25) is 0 Å². The highest BCUT2D eigenvalue weighted by Gasteiger charge is 2.50. The van der Waals surface area contributed by atoms with Crippen molar-refractivity contribution in [2.45, 2.75) is 50.2 Å². The Bertz CT molecular complexity index is 755. The third-order valence-electron chi connectivity index (χ3n) is 6.38. The molecule has 0 N–H and O–H groups in total. The summed E-state index contributed by atoms with van der Waals surface area (Å²) in [6, 6.07) is 3.08. The molecule has 2 saturated heterocycles. The van der Waals surface area contributed by atoms with Crippen LogP contribution in [0.1, 0.15) is 49.3 Å². The minimum absolute atomic E-state index is 0.0185. The summed E-state index contributed by atoms with van der Waals surface area (Å²) in [5, 5.41) is 0. The van der Waals surface area contributed by atoms with Crippen LogP contribution in [0, 0.1) is 5.41 Å². The molecule has 4 rings (SSSR count). The molecule has 3 fully saturated rings. The molecule has 1 spiro atoms. The van der Waals surface area contributed by atoms with Crippen molar-refractivity contribution < 1.29 is 21.6 Å². The lowest BCUT2D eigenvalue weighted by Crippen LogP contribution is -2.55. The van der Waals surface area contributed by atoms with E-state index in [2.05, 4.69) is 9.88 Å². The molecule has 144 valence electrons. The number of rotatable bonds is 2. The molecule has 26 heavy (non-hydrogen) atoms. The van der Waals surface area contributed by atoms with Gasteiger partial charge < -0.3 is 4.90 Å². The maximum absolute atomic E-state index is 12.6. The Morgan fingerprint density at radius 1 is 1.12 bits per heavy atom. The van der Waals surface area contributed by atoms with E-state index < -0.39 is 21.7 Å². The van der Waals surface area contributed by atoms with E-state index in [1.807, 2.05) is 0 Å². The molecule has 2 aliphatic heterocycles. The van der Waals surface area contributed by atoms with Gasteiger partial charge in [-0.2, -0.15) is 13.2 Å². The van der Waals surface area contributed by atoms with E-state index in [4.69, 9.17) is 0 Å². The van der Waals surface area contributed by atoms with Crippen molar-refractivity contribution >= 4 is 9.84 Å². The normalized spacial score (nSPS) is 31.0. The molecule has 0 radical (unpaired) electrons. The van der Waals surface area contributed by atoms with Crippen LogP contribution in [0.4, 0.5) is 13.2 Å². The molecule has 1 aromatic heterocycles. The smallest absolute Gasteiger partial charge is 0.300 e. The summed E-state index contributed by atoms with van der Waals surface area (Å²) in [6.07, 6.45) is 1.81. The standard InChI is InChI=1S/C18H23F3N2O2S/c19-18(20,21)16-4-2-14(10-22-16)13-1-3-15(9-13)23-7-5-17(6-8-23)11-26(24,25)12-17/h2,4,10,13,15H,1,3,5-9,11-12H2/t13-,15+/m0/s1. The Kier molecular flexibility index (Phi) is 4.34. The molecule has 3 heterocycles. The van der Waals surface area contributed by atoms with Crippen molar-refractivity contribution in [1.29, 1.82) is 0 Å². The van der Waals surface area contributed by atoms with Crippen LogP contribution in [0.25, 0.3) is 0 Å². The molecule has 1 saturated carbocycles. The molecule has 1 aliphatic carbocycles. The molecular formula is C18H23F3N2O2S. The molecule has 3 aliphatic rings. The van der Waals surface area contributed by atoms with Crippen LogP contribution in [-0.2, 0) is 16.0 Å². The van der Waals surface area contributed by atoms with Gasteiger partial charge >= 0.3 is 6.18 Å². The molecular weight excluding hydrogens is 365 g/mol. The summed E-state index contributed by atoms with van der Waals surface area (Å²) in [5.41, 5.74) is 0.0664. The molecule has 0 amide bonds. The van der Waals surface area contributed by atoms with Crippen LogP contribution in [0.15, 0.2) is 18.3 Å². The molecule has 1 aromatic rings. The summed E-state index contributed by atoms with van der Waals surface area (Å²) >= 11 is 0. The number of nitrogens with zero attached hydrogens (tertiary/aromatic N) is 2. The highest BCUT2D eigenvalue weighted by Crippen LogP contribution is 2.45. The van der Waals surface area contributed by atoms with Gasteiger partial charge in [0.15, 0.2) is 9.84 Å². The number of aromatic nitrogens is 1. The fourth-order valence-electron chi connectivity index (χ4n) is 4.95. The summed E-state index contributed by atoms with van der Waals surface area (Å²) < 4.78 is 60.9. The van der Waals surface area contributed by atoms with E-state index in [9.17, 15) is 21.6 Å². The second kappa shape index (κ2) is 6.19. The van der Waals surface area contributed by atoms with Gasteiger partial charge in [0.1, 0.15) is 5.69 Å². The zero-order chi connectivity index (χ0) is 18.6. The zero-order valence-electron chi connectivity index (χ0n) is 14.5. The summed E-state index contributed by atoms with van der Waals surface area (Å²) in [6.45, 7) is 1.86. The van der Waals surface area contributed by atoms with Gasteiger partial charge in [0.05, 0.1) is 11.5 Å². The van der Waals surface area contributed by atoms with Crippen molar-refractivity contribution in [2.75, 3.05) is 24.6 Å². The van der Waals surface area contributed by atoms with Crippen LogP contribution in [0.2, 0.25) is 0 Å². The summed E-state index contributed by atoms with van der Waals surface area (Å²) in [4.78, 5) is 6.04. The van der Waals surface area contributed by atoms with Crippen LogP contribution < -0.4 is 0 Å². The van der Waals surface area contributed by atoms with Gasteiger partial charge in [-0.15, -0.1) is 0 Å². The minimum atomic E-state index is -4.39.